The first-order valence-corrected chi connectivity index (χ1v) is 9.56. The minimum Gasteiger partial charge on any atom is -0.455 e. The molecule has 0 radical (unpaired) electrons. The van der Waals surface area contributed by atoms with E-state index >= 15 is 0 Å². The molecule has 1 aliphatic heterocycles. The Hall–Kier alpha value is -1.12. The van der Waals surface area contributed by atoms with Crippen molar-refractivity contribution in [1.29, 1.82) is 0 Å². The molecule has 8 heteroatoms. The van der Waals surface area contributed by atoms with Crippen molar-refractivity contribution < 1.29 is 9.15 Å². The van der Waals surface area contributed by atoms with E-state index in [9.17, 15) is 0 Å². The van der Waals surface area contributed by atoms with Crippen LogP contribution in [-0.2, 0) is 11.3 Å². The summed E-state index contributed by atoms with van der Waals surface area (Å²) in [7, 11) is 0. The molecule has 1 fully saturated rings. The molecule has 0 aromatic carbocycles. The van der Waals surface area contributed by atoms with E-state index in [1.807, 2.05) is 6.07 Å². The van der Waals surface area contributed by atoms with Gasteiger partial charge in [0, 0.05) is 23.5 Å². The van der Waals surface area contributed by atoms with Crippen molar-refractivity contribution in [3.63, 3.8) is 0 Å². The fraction of sp³-hybridized carbons (Fsp3) is 0.312. The Morgan fingerprint density at radius 2 is 2.33 bits per heavy atom. The van der Waals surface area contributed by atoms with Crippen LogP contribution in [0, 0.1) is 0 Å². The zero-order chi connectivity index (χ0) is 16.7. The van der Waals surface area contributed by atoms with Gasteiger partial charge in [0.15, 0.2) is 5.58 Å². The van der Waals surface area contributed by atoms with Gasteiger partial charge in [-0.2, -0.15) is 0 Å². The Morgan fingerprint density at radius 3 is 3.04 bits per heavy atom. The minimum atomic E-state index is -0.0835. The number of hydrogen-bond acceptors (Lipinski definition) is 6. The van der Waals surface area contributed by atoms with E-state index in [1.165, 1.54) is 4.88 Å². The third-order valence-corrected chi connectivity index (χ3v) is 5.91. The van der Waals surface area contributed by atoms with Crippen molar-refractivity contribution in [1.82, 2.24) is 4.98 Å². The summed E-state index contributed by atoms with van der Waals surface area (Å²) in [6.45, 7) is 1.78. The number of nitrogens with two attached hydrogens (primary N) is 1. The molecule has 126 valence electrons. The second-order valence-corrected chi connectivity index (χ2v) is 7.90. The number of hydrogen-bond donors (Lipinski definition) is 2. The molecule has 0 spiro atoms. The Balaban J connectivity index is 1.73. The highest BCUT2D eigenvalue weighted by molar-refractivity contribution is 9.10. The van der Waals surface area contributed by atoms with Crippen molar-refractivity contribution >= 4 is 55.7 Å². The van der Waals surface area contributed by atoms with Crippen LogP contribution in [0.25, 0.3) is 11.1 Å². The number of aromatic nitrogens is 1. The maximum atomic E-state index is 6.19. The molecule has 0 aliphatic carbocycles. The molecule has 1 saturated heterocycles. The summed E-state index contributed by atoms with van der Waals surface area (Å²) < 4.78 is 12.4. The van der Waals surface area contributed by atoms with E-state index in [1.54, 1.807) is 17.4 Å². The molecule has 0 unspecified atom stereocenters. The number of pyridine rings is 1. The number of nitrogens with one attached hydrogen (secondary N) is 1. The molecule has 0 saturated carbocycles. The average Bonchev–Trinajstić information content (AvgIpc) is 3.27. The molecule has 3 N–H and O–H groups in total. The lowest BCUT2D eigenvalue weighted by Gasteiger charge is -2.10. The fourth-order valence-electron chi connectivity index (χ4n) is 2.83. The summed E-state index contributed by atoms with van der Waals surface area (Å²) in [5.74, 6) is 0.779. The molecule has 5 nitrogen and oxygen atoms in total. The number of nitrogens with zero attached hydrogens (tertiary/aromatic N) is 1. The van der Waals surface area contributed by atoms with Gasteiger partial charge < -0.3 is 20.2 Å². The van der Waals surface area contributed by atoms with E-state index in [4.69, 9.17) is 26.5 Å². The highest BCUT2D eigenvalue weighted by atomic mass is 79.9. The van der Waals surface area contributed by atoms with E-state index in [-0.39, 0.29) is 12.0 Å². The number of thiophene rings is 1. The lowest BCUT2D eigenvalue weighted by atomic mass is 10.0. The number of anilines is 1. The lowest BCUT2D eigenvalue weighted by Crippen LogP contribution is -2.26. The summed E-state index contributed by atoms with van der Waals surface area (Å²) in [5.41, 5.74) is 8.32. The van der Waals surface area contributed by atoms with E-state index < -0.39 is 0 Å². The van der Waals surface area contributed by atoms with Gasteiger partial charge in [-0.1, -0.05) is 17.7 Å². The maximum absolute atomic E-state index is 6.19. The monoisotopic (exact) mass is 427 g/mol. The SMILES string of the molecule is N[C@H]1COC[C@@H]1c1oc2c(NCc3cccs3)cc(Cl)nc2c1Br. The number of rotatable bonds is 4. The highest BCUT2D eigenvalue weighted by Gasteiger charge is 2.33. The molecule has 2 atom stereocenters. The predicted octanol–water partition coefficient (Wildman–Crippen LogP) is 4.36. The maximum Gasteiger partial charge on any atom is 0.177 e. The van der Waals surface area contributed by atoms with Gasteiger partial charge in [-0.05, 0) is 27.4 Å². The minimum absolute atomic E-state index is 0.0116. The van der Waals surface area contributed by atoms with Crippen molar-refractivity contribution in [3.8, 4) is 0 Å². The summed E-state index contributed by atoms with van der Waals surface area (Å²) in [6.07, 6.45) is 0. The van der Waals surface area contributed by atoms with Crippen LogP contribution in [0.2, 0.25) is 5.15 Å². The molecular weight excluding hydrogens is 414 g/mol. The number of ether oxygens (including phenoxy) is 1. The molecule has 0 amide bonds. The van der Waals surface area contributed by atoms with Gasteiger partial charge in [-0.25, -0.2) is 4.98 Å². The van der Waals surface area contributed by atoms with Gasteiger partial charge in [0.1, 0.15) is 16.4 Å². The topological polar surface area (TPSA) is 73.3 Å². The fourth-order valence-corrected chi connectivity index (χ4v) is 4.31. The van der Waals surface area contributed by atoms with Gasteiger partial charge in [0.2, 0.25) is 0 Å². The van der Waals surface area contributed by atoms with Crippen LogP contribution in [0.15, 0.2) is 32.5 Å². The summed E-state index contributed by atoms with van der Waals surface area (Å²) in [5, 5.41) is 5.85. The van der Waals surface area contributed by atoms with Crippen LogP contribution >= 0.6 is 38.9 Å². The van der Waals surface area contributed by atoms with E-state index in [0.29, 0.717) is 36.0 Å². The van der Waals surface area contributed by atoms with Gasteiger partial charge in [-0.3, -0.25) is 0 Å². The Labute approximate surface area is 156 Å². The third-order valence-electron chi connectivity index (χ3n) is 4.07. The standard InChI is InChI=1S/C16H15BrClN3O2S/c17-13-14-16(23-15(13)9-6-22-7-10(9)19)11(4-12(18)21-14)20-5-8-2-1-3-24-8/h1-4,9-10H,5-7,19H2,(H,20,21)/t9-,10-/m0/s1. The molecular formula is C16H15BrClN3O2S. The number of furan rings is 1. The van der Waals surface area contributed by atoms with Gasteiger partial charge in [0.05, 0.1) is 29.3 Å². The van der Waals surface area contributed by atoms with Gasteiger partial charge >= 0.3 is 0 Å². The third kappa shape index (κ3) is 2.95. The van der Waals surface area contributed by atoms with Crippen LogP contribution in [0.4, 0.5) is 5.69 Å². The van der Waals surface area contributed by atoms with Crippen LogP contribution in [0.3, 0.4) is 0 Å². The molecule has 4 heterocycles. The number of fused-ring (bicyclic) bond motifs is 1. The Morgan fingerprint density at radius 1 is 1.46 bits per heavy atom. The highest BCUT2D eigenvalue weighted by Crippen LogP contribution is 2.40. The van der Waals surface area contributed by atoms with Crippen molar-refractivity contribution in [2.24, 2.45) is 5.73 Å². The van der Waals surface area contributed by atoms with Crippen LogP contribution < -0.4 is 11.1 Å². The van der Waals surface area contributed by atoms with Gasteiger partial charge in [-0.15, -0.1) is 11.3 Å². The largest absolute Gasteiger partial charge is 0.455 e. The first-order chi connectivity index (χ1) is 11.6. The summed E-state index contributed by atoms with van der Waals surface area (Å²) in [6, 6.07) is 5.80. The van der Waals surface area contributed by atoms with E-state index in [2.05, 4.69) is 37.7 Å². The first kappa shape index (κ1) is 16.4. The zero-order valence-electron chi connectivity index (χ0n) is 12.6. The van der Waals surface area contributed by atoms with Crippen molar-refractivity contribution in [3.05, 3.63) is 43.8 Å². The second kappa shape index (κ2) is 6.65. The van der Waals surface area contributed by atoms with E-state index in [0.717, 1.165) is 15.9 Å². The predicted molar refractivity (Wildman–Crippen MR) is 99.9 cm³/mol. The van der Waals surface area contributed by atoms with Crippen LogP contribution in [0.1, 0.15) is 16.6 Å². The summed E-state index contributed by atoms with van der Waals surface area (Å²) >= 11 is 11.5. The second-order valence-electron chi connectivity index (χ2n) is 5.69. The van der Waals surface area contributed by atoms with Gasteiger partial charge in [0.25, 0.3) is 0 Å². The number of halogens is 2. The van der Waals surface area contributed by atoms with Crippen LogP contribution in [-0.4, -0.2) is 24.2 Å². The zero-order valence-corrected chi connectivity index (χ0v) is 15.7. The summed E-state index contributed by atoms with van der Waals surface area (Å²) in [4.78, 5) is 5.63. The molecule has 1 aliphatic rings. The Bertz CT molecular complexity index is 868. The average molecular weight is 429 g/mol. The molecule has 4 rings (SSSR count). The molecule has 0 bridgehead atoms. The first-order valence-electron chi connectivity index (χ1n) is 7.51. The quantitative estimate of drug-likeness (QED) is 0.604. The molecule has 24 heavy (non-hydrogen) atoms. The smallest absolute Gasteiger partial charge is 0.177 e. The Kier molecular flexibility index (Phi) is 4.53. The van der Waals surface area contributed by atoms with Crippen molar-refractivity contribution in [2.45, 2.75) is 18.5 Å². The normalized spacial score (nSPS) is 20.8. The van der Waals surface area contributed by atoms with Crippen LogP contribution in [0.5, 0.6) is 0 Å². The lowest BCUT2D eigenvalue weighted by molar-refractivity contribution is 0.189. The molecule has 3 aromatic heterocycles. The van der Waals surface area contributed by atoms with Crippen molar-refractivity contribution in [2.75, 3.05) is 18.5 Å². The molecule has 3 aromatic rings.